The Morgan fingerprint density at radius 1 is 1.68 bits per heavy atom. The minimum Gasteiger partial charge on any atom is -0.462 e. The lowest BCUT2D eigenvalue weighted by Gasteiger charge is -2.16. The summed E-state index contributed by atoms with van der Waals surface area (Å²) in [6.45, 7) is 0.0786. The van der Waals surface area contributed by atoms with Gasteiger partial charge in [-0.05, 0) is 18.9 Å². The Labute approximate surface area is 131 Å². The van der Waals surface area contributed by atoms with Gasteiger partial charge in [-0.1, -0.05) is 0 Å². The summed E-state index contributed by atoms with van der Waals surface area (Å²) in [5.74, 6) is -0.260. The Balaban J connectivity index is 1.90. The highest BCUT2D eigenvalue weighted by molar-refractivity contribution is 7.80. The predicted octanol–water partition coefficient (Wildman–Crippen LogP) is -0.478. The molecule has 0 saturated carbocycles. The van der Waals surface area contributed by atoms with Crippen LogP contribution in [0.3, 0.4) is 0 Å². The maximum absolute atomic E-state index is 11.8. The van der Waals surface area contributed by atoms with Gasteiger partial charge in [0, 0.05) is 11.9 Å². The van der Waals surface area contributed by atoms with Crippen molar-refractivity contribution in [2.75, 3.05) is 17.8 Å². The van der Waals surface area contributed by atoms with Crippen LogP contribution in [0.15, 0.2) is 17.1 Å². The van der Waals surface area contributed by atoms with Crippen LogP contribution in [0.5, 0.6) is 0 Å². The third-order valence-corrected chi connectivity index (χ3v) is 3.64. The summed E-state index contributed by atoms with van der Waals surface area (Å²) < 4.78 is 12.0. The van der Waals surface area contributed by atoms with E-state index in [-0.39, 0.29) is 24.3 Å². The molecule has 3 atom stereocenters. The van der Waals surface area contributed by atoms with Crippen LogP contribution in [-0.2, 0) is 14.3 Å². The van der Waals surface area contributed by atoms with E-state index >= 15 is 0 Å². The molecule has 0 radical (unpaired) electrons. The number of aromatic nitrogens is 2. The van der Waals surface area contributed by atoms with Crippen LogP contribution in [0.4, 0.5) is 5.82 Å². The Kier molecular flexibility index (Phi) is 5.77. The second-order valence-corrected chi connectivity index (χ2v) is 5.19. The van der Waals surface area contributed by atoms with Crippen LogP contribution in [0.25, 0.3) is 0 Å². The molecule has 1 fully saturated rings. The SMILES string of the molecule is NC(CS)C(=O)OCC1CCC(n2ccc(NO)nc2=O)O1. The first-order chi connectivity index (χ1) is 10.5. The van der Waals surface area contributed by atoms with Crippen molar-refractivity contribution >= 4 is 24.4 Å². The lowest BCUT2D eigenvalue weighted by atomic mass is 10.2. The number of carbonyl (C=O) groups excluding carboxylic acids is 1. The summed E-state index contributed by atoms with van der Waals surface area (Å²) in [5.41, 5.74) is 6.75. The van der Waals surface area contributed by atoms with Crippen LogP contribution in [0.1, 0.15) is 19.1 Å². The number of esters is 1. The van der Waals surface area contributed by atoms with Crippen molar-refractivity contribution in [1.29, 1.82) is 0 Å². The number of nitrogens with two attached hydrogens (primary N) is 1. The molecule has 10 heteroatoms. The van der Waals surface area contributed by atoms with Gasteiger partial charge in [0.1, 0.15) is 18.9 Å². The van der Waals surface area contributed by atoms with E-state index in [0.717, 1.165) is 0 Å². The van der Waals surface area contributed by atoms with Crippen molar-refractivity contribution in [2.24, 2.45) is 5.73 Å². The first kappa shape index (κ1) is 16.7. The number of anilines is 1. The van der Waals surface area contributed by atoms with E-state index in [4.69, 9.17) is 20.4 Å². The summed E-state index contributed by atoms with van der Waals surface area (Å²) >= 11 is 3.92. The highest BCUT2D eigenvalue weighted by Crippen LogP contribution is 2.27. The summed E-state index contributed by atoms with van der Waals surface area (Å²) in [6, 6.07) is 0.690. The molecule has 1 aliphatic rings. The molecule has 1 aromatic heterocycles. The van der Waals surface area contributed by atoms with Gasteiger partial charge in [-0.25, -0.2) is 4.79 Å². The zero-order valence-corrected chi connectivity index (χ0v) is 12.6. The minimum atomic E-state index is -0.758. The number of thiol groups is 1. The number of hydrogen-bond acceptors (Lipinski definition) is 9. The van der Waals surface area contributed by atoms with E-state index in [1.165, 1.54) is 16.8 Å². The van der Waals surface area contributed by atoms with Crippen molar-refractivity contribution in [1.82, 2.24) is 9.55 Å². The number of nitrogens with zero attached hydrogens (tertiary/aromatic N) is 2. The fourth-order valence-corrected chi connectivity index (χ4v) is 2.21. The van der Waals surface area contributed by atoms with E-state index in [9.17, 15) is 9.59 Å². The molecular formula is C12H18N4O5S. The Morgan fingerprint density at radius 3 is 3.09 bits per heavy atom. The van der Waals surface area contributed by atoms with Crippen molar-refractivity contribution in [3.05, 3.63) is 22.7 Å². The molecule has 1 saturated heterocycles. The summed E-state index contributed by atoms with van der Waals surface area (Å²) in [6.07, 6.45) is 1.93. The summed E-state index contributed by atoms with van der Waals surface area (Å²) in [7, 11) is 0. The fraction of sp³-hybridized carbons (Fsp3) is 0.583. The molecule has 9 nitrogen and oxygen atoms in total. The van der Waals surface area contributed by atoms with Gasteiger partial charge in [0.15, 0.2) is 5.82 Å². The molecule has 1 aromatic rings. The zero-order chi connectivity index (χ0) is 16.1. The molecule has 122 valence electrons. The Morgan fingerprint density at radius 2 is 2.45 bits per heavy atom. The third kappa shape index (κ3) is 3.97. The van der Waals surface area contributed by atoms with Gasteiger partial charge >= 0.3 is 11.7 Å². The van der Waals surface area contributed by atoms with Gasteiger partial charge in [-0.3, -0.25) is 20.0 Å². The van der Waals surface area contributed by atoms with Crippen LogP contribution in [0.2, 0.25) is 0 Å². The molecule has 0 aliphatic carbocycles. The minimum absolute atomic E-state index is 0.0606. The fourth-order valence-electron chi connectivity index (χ4n) is 2.06. The molecule has 2 heterocycles. The van der Waals surface area contributed by atoms with Gasteiger partial charge < -0.3 is 15.2 Å². The van der Waals surface area contributed by atoms with Crippen molar-refractivity contribution in [2.45, 2.75) is 31.2 Å². The highest BCUT2D eigenvalue weighted by atomic mass is 32.1. The van der Waals surface area contributed by atoms with Crippen LogP contribution in [-0.4, -0.2) is 45.2 Å². The monoisotopic (exact) mass is 330 g/mol. The molecule has 0 amide bonds. The molecule has 1 aliphatic heterocycles. The Hall–Kier alpha value is -1.62. The smallest absolute Gasteiger partial charge is 0.351 e. The normalized spacial score (nSPS) is 22.3. The van der Waals surface area contributed by atoms with E-state index < -0.39 is 23.9 Å². The van der Waals surface area contributed by atoms with Crippen molar-refractivity contribution in [3.63, 3.8) is 0 Å². The quantitative estimate of drug-likeness (QED) is 0.313. The molecule has 22 heavy (non-hydrogen) atoms. The first-order valence-electron chi connectivity index (χ1n) is 6.73. The molecule has 0 bridgehead atoms. The zero-order valence-electron chi connectivity index (χ0n) is 11.7. The van der Waals surface area contributed by atoms with E-state index in [2.05, 4.69) is 17.6 Å². The molecular weight excluding hydrogens is 312 g/mol. The van der Waals surface area contributed by atoms with Crippen LogP contribution >= 0.6 is 12.6 Å². The third-order valence-electron chi connectivity index (χ3n) is 3.25. The molecule has 3 unspecified atom stereocenters. The second-order valence-electron chi connectivity index (χ2n) is 4.82. The molecule has 0 spiro atoms. The number of ether oxygens (including phenoxy) is 2. The second kappa shape index (κ2) is 7.58. The van der Waals surface area contributed by atoms with Crippen LogP contribution in [0, 0.1) is 0 Å². The maximum Gasteiger partial charge on any atom is 0.351 e. The molecule has 0 aromatic carbocycles. The van der Waals surface area contributed by atoms with Gasteiger partial charge in [-0.2, -0.15) is 17.6 Å². The van der Waals surface area contributed by atoms with E-state index in [1.807, 2.05) is 0 Å². The largest absolute Gasteiger partial charge is 0.462 e. The van der Waals surface area contributed by atoms with E-state index in [0.29, 0.717) is 12.8 Å². The van der Waals surface area contributed by atoms with Gasteiger partial charge in [0.25, 0.3) is 0 Å². The lowest BCUT2D eigenvalue weighted by molar-refractivity contribution is -0.149. The lowest BCUT2D eigenvalue weighted by Crippen LogP contribution is -2.35. The first-order valence-corrected chi connectivity index (χ1v) is 7.36. The molecule has 2 rings (SSSR count). The molecule has 4 N–H and O–H groups in total. The number of nitrogens with one attached hydrogen (secondary N) is 1. The average Bonchev–Trinajstić information content (AvgIpc) is 3.00. The number of hydrogen-bond donors (Lipinski definition) is 4. The Bertz CT molecular complexity index is 581. The van der Waals surface area contributed by atoms with Gasteiger partial charge in [0.05, 0.1) is 6.10 Å². The predicted molar refractivity (Wildman–Crippen MR) is 79.8 cm³/mol. The van der Waals surface area contributed by atoms with Gasteiger partial charge in [0.2, 0.25) is 0 Å². The average molecular weight is 330 g/mol. The summed E-state index contributed by atoms with van der Waals surface area (Å²) in [4.78, 5) is 26.9. The standard InChI is InChI=1S/C12H18N4O5S/c13-8(6-22)11(17)20-5-7-1-2-10(21-7)16-4-3-9(15-19)14-12(16)18/h3-4,7-8,10,19,22H,1-2,5-6,13H2,(H,14,15,18). The summed E-state index contributed by atoms with van der Waals surface area (Å²) in [5, 5.41) is 8.69. The van der Waals surface area contributed by atoms with E-state index in [1.54, 1.807) is 5.48 Å². The maximum atomic E-state index is 11.8. The number of rotatable bonds is 6. The van der Waals surface area contributed by atoms with Crippen molar-refractivity contribution in [3.8, 4) is 0 Å². The topological polar surface area (TPSA) is 129 Å². The van der Waals surface area contributed by atoms with Crippen LogP contribution < -0.4 is 16.9 Å². The van der Waals surface area contributed by atoms with Gasteiger partial charge in [-0.15, -0.1) is 0 Å². The van der Waals surface area contributed by atoms with Crippen molar-refractivity contribution < 1.29 is 19.5 Å². The highest BCUT2D eigenvalue weighted by Gasteiger charge is 2.29. The number of carbonyl (C=O) groups is 1.